The van der Waals surface area contributed by atoms with E-state index in [1.54, 1.807) is 16.4 Å². The third-order valence-corrected chi connectivity index (χ3v) is 7.78. The summed E-state index contributed by atoms with van der Waals surface area (Å²) in [5.74, 6) is 1.69. The Labute approximate surface area is 208 Å². The Bertz CT molecular complexity index is 1130. The monoisotopic (exact) mass is 500 g/mol. The highest BCUT2D eigenvalue weighted by atomic mass is 32.2. The van der Waals surface area contributed by atoms with Crippen LogP contribution in [0.1, 0.15) is 43.7 Å². The SMILES string of the molecule is CCCSc1nc(NC2CC2c2ccccc2)c2nnn([C@H]3C[C@@H](COCCO)[C@H](O)[C@@H]3O)c2n1. The Morgan fingerprint density at radius 2 is 1.97 bits per heavy atom. The quantitative estimate of drug-likeness (QED) is 0.176. The average molecular weight is 501 g/mol. The summed E-state index contributed by atoms with van der Waals surface area (Å²) in [5.41, 5.74) is 2.41. The highest BCUT2D eigenvalue weighted by Gasteiger charge is 2.44. The molecule has 10 nitrogen and oxygen atoms in total. The van der Waals surface area contributed by atoms with Crippen LogP contribution in [-0.4, -0.2) is 84.1 Å². The van der Waals surface area contributed by atoms with Gasteiger partial charge in [0, 0.05) is 23.6 Å². The summed E-state index contributed by atoms with van der Waals surface area (Å²) < 4.78 is 7.04. The number of aliphatic hydroxyl groups excluding tert-OH is 3. The van der Waals surface area contributed by atoms with Gasteiger partial charge in [-0.2, -0.15) is 0 Å². The number of nitrogens with one attached hydrogen (secondary N) is 1. The van der Waals surface area contributed by atoms with Gasteiger partial charge >= 0.3 is 0 Å². The molecule has 35 heavy (non-hydrogen) atoms. The van der Waals surface area contributed by atoms with Crippen molar-refractivity contribution in [1.82, 2.24) is 25.0 Å². The molecule has 0 aliphatic heterocycles. The summed E-state index contributed by atoms with van der Waals surface area (Å²) in [4.78, 5) is 9.49. The van der Waals surface area contributed by atoms with Gasteiger partial charge in [0.25, 0.3) is 0 Å². The van der Waals surface area contributed by atoms with E-state index < -0.39 is 18.2 Å². The van der Waals surface area contributed by atoms with Crippen molar-refractivity contribution >= 4 is 28.7 Å². The van der Waals surface area contributed by atoms with Gasteiger partial charge in [-0.3, -0.25) is 0 Å². The first-order chi connectivity index (χ1) is 17.1. The van der Waals surface area contributed by atoms with Crippen LogP contribution in [0.2, 0.25) is 0 Å². The predicted octanol–water partition coefficient (Wildman–Crippen LogP) is 1.98. The molecule has 2 heterocycles. The number of fused-ring (bicyclic) bond motifs is 1. The zero-order chi connectivity index (χ0) is 24.4. The fourth-order valence-electron chi connectivity index (χ4n) is 4.80. The molecule has 2 fully saturated rings. The first-order valence-electron chi connectivity index (χ1n) is 12.2. The van der Waals surface area contributed by atoms with Crippen LogP contribution >= 0.6 is 11.8 Å². The minimum atomic E-state index is -1.02. The van der Waals surface area contributed by atoms with E-state index in [1.807, 2.05) is 6.07 Å². The van der Waals surface area contributed by atoms with E-state index in [1.165, 1.54) is 5.56 Å². The lowest BCUT2D eigenvalue weighted by Gasteiger charge is -2.17. The van der Waals surface area contributed by atoms with E-state index in [-0.39, 0.29) is 31.8 Å². The molecule has 6 atom stereocenters. The van der Waals surface area contributed by atoms with Crippen LogP contribution in [0.4, 0.5) is 5.82 Å². The number of aliphatic hydroxyl groups is 3. The smallest absolute Gasteiger partial charge is 0.191 e. The van der Waals surface area contributed by atoms with Crippen LogP contribution in [0.3, 0.4) is 0 Å². The highest BCUT2D eigenvalue weighted by molar-refractivity contribution is 7.99. The van der Waals surface area contributed by atoms with Crippen LogP contribution < -0.4 is 5.32 Å². The van der Waals surface area contributed by atoms with E-state index >= 15 is 0 Å². The number of benzene rings is 1. The van der Waals surface area contributed by atoms with Crippen LogP contribution in [0, 0.1) is 5.92 Å². The van der Waals surface area contributed by atoms with Gasteiger partial charge in [-0.15, -0.1) is 5.10 Å². The zero-order valence-electron chi connectivity index (χ0n) is 19.7. The summed E-state index contributed by atoms with van der Waals surface area (Å²) in [6, 6.07) is 10.2. The molecule has 0 saturated heterocycles. The lowest BCUT2D eigenvalue weighted by molar-refractivity contribution is -0.0199. The number of aromatic nitrogens is 5. The number of hydrogen-bond donors (Lipinski definition) is 4. The van der Waals surface area contributed by atoms with Crippen molar-refractivity contribution in [2.75, 3.05) is 30.9 Å². The molecule has 188 valence electrons. The largest absolute Gasteiger partial charge is 0.394 e. The van der Waals surface area contributed by atoms with Gasteiger partial charge in [-0.05, 0) is 24.8 Å². The van der Waals surface area contributed by atoms with Crippen molar-refractivity contribution in [3.8, 4) is 0 Å². The molecule has 1 aromatic carbocycles. The normalized spacial score (nSPS) is 28.0. The van der Waals surface area contributed by atoms with Gasteiger partial charge in [0.2, 0.25) is 0 Å². The molecule has 2 aliphatic carbocycles. The molecule has 0 spiro atoms. The van der Waals surface area contributed by atoms with Gasteiger partial charge in [0.15, 0.2) is 22.1 Å². The van der Waals surface area contributed by atoms with Crippen LogP contribution in [0.15, 0.2) is 35.5 Å². The molecule has 0 amide bonds. The Hall–Kier alpha value is -2.31. The molecular formula is C24H32N6O4S. The van der Waals surface area contributed by atoms with Gasteiger partial charge in [0.1, 0.15) is 6.10 Å². The second kappa shape index (κ2) is 10.8. The fourth-order valence-corrected chi connectivity index (χ4v) is 5.49. The molecule has 0 bridgehead atoms. The molecule has 3 aromatic rings. The minimum absolute atomic E-state index is 0.0838. The van der Waals surface area contributed by atoms with E-state index in [0.29, 0.717) is 34.5 Å². The molecule has 5 rings (SSSR count). The Morgan fingerprint density at radius 3 is 2.74 bits per heavy atom. The van der Waals surface area contributed by atoms with Crippen molar-refractivity contribution in [1.29, 1.82) is 0 Å². The lowest BCUT2D eigenvalue weighted by Crippen LogP contribution is -2.31. The first-order valence-corrected chi connectivity index (χ1v) is 13.2. The third-order valence-electron chi connectivity index (χ3n) is 6.73. The van der Waals surface area contributed by atoms with Crippen LogP contribution in [0.25, 0.3) is 11.2 Å². The van der Waals surface area contributed by atoms with Crippen molar-refractivity contribution in [3.05, 3.63) is 35.9 Å². The standard InChI is InChI=1S/C24H32N6O4S/c1-2-10-35-24-26-22(25-17-12-16(17)14-6-4-3-5-7-14)19-23(27-24)30(29-28-19)18-11-15(13-34-9-8-31)20(32)21(18)33/h3-7,15-18,20-21,31-33H,2,8-13H2,1H3,(H,25,26,27)/t15-,16?,17?,18-,20-,21+/m0/s1. The predicted molar refractivity (Wildman–Crippen MR) is 132 cm³/mol. The zero-order valence-corrected chi connectivity index (χ0v) is 20.5. The Kier molecular flexibility index (Phi) is 7.49. The van der Waals surface area contributed by atoms with E-state index in [4.69, 9.17) is 19.8 Å². The maximum absolute atomic E-state index is 10.8. The van der Waals surface area contributed by atoms with Gasteiger partial charge < -0.3 is 25.4 Å². The fraction of sp³-hybridized carbons (Fsp3) is 0.583. The summed E-state index contributed by atoms with van der Waals surface area (Å²) >= 11 is 1.58. The summed E-state index contributed by atoms with van der Waals surface area (Å²) in [6.07, 6.45) is 0.504. The Morgan fingerprint density at radius 1 is 1.14 bits per heavy atom. The number of rotatable bonds is 11. The second-order valence-electron chi connectivity index (χ2n) is 9.26. The average Bonchev–Trinajstić information content (AvgIpc) is 3.43. The van der Waals surface area contributed by atoms with Gasteiger partial charge in [0.05, 0.1) is 32.0 Å². The first kappa shape index (κ1) is 24.4. The maximum atomic E-state index is 10.8. The van der Waals surface area contributed by atoms with Gasteiger partial charge in [-0.25, -0.2) is 14.6 Å². The van der Waals surface area contributed by atoms with Crippen molar-refractivity contribution < 1.29 is 20.1 Å². The second-order valence-corrected chi connectivity index (χ2v) is 10.3. The van der Waals surface area contributed by atoms with Crippen molar-refractivity contribution in [3.63, 3.8) is 0 Å². The number of thioether (sulfide) groups is 1. The molecule has 0 radical (unpaired) electrons. The van der Waals surface area contributed by atoms with Gasteiger partial charge in [-0.1, -0.05) is 54.2 Å². The van der Waals surface area contributed by atoms with Crippen LogP contribution in [0.5, 0.6) is 0 Å². The molecule has 2 unspecified atom stereocenters. The number of nitrogens with zero attached hydrogens (tertiary/aromatic N) is 5. The van der Waals surface area contributed by atoms with E-state index in [0.717, 1.165) is 18.6 Å². The lowest BCUT2D eigenvalue weighted by atomic mass is 10.1. The maximum Gasteiger partial charge on any atom is 0.191 e. The van der Waals surface area contributed by atoms with Crippen LogP contribution in [-0.2, 0) is 4.74 Å². The van der Waals surface area contributed by atoms with Crippen molar-refractivity contribution in [2.24, 2.45) is 5.92 Å². The molecular weight excluding hydrogens is 468 g/mol. The third kappa shape index (κ3) is 5.14. The molecule has 11 heteroatoms. The molecule has 4 N–H and O–H groups in total. The molecule has 2 saturated carbocycles. The minimum Gasteiger partial charge on any atom is -0.394 e. The summed E-state index contributed by atoms with van der Waals surface area (Å²) in [5, 5.41) is 43.3. The summed E-state index contributed by atoms with van der Waals surface area (Å²) in [6.45, 7) is 2.48. The molecule has 2 aromatic heterocycles. The number of hydrogen-bond acceptors (Lipinski definition) is 10. The Balaban J connectivity index is 1.41. The molecule has 2 aliphatic rings. The topological polar surface area (TPSA) is 138 Å². The van der Waals surface area contributed by atoms with E-state index in [9.17, 15) is 10.2 Å². The summed E-state index contributed by atoms with van der Waals surface area (Å²) in [7, 11) is 0. The van der Waals surface area contributed by atoms with Crippen molar-refractivity contribution in [2.45, 2.75) is 61.6 Å². The van der Waals surface area contributed by atoms with E-state index in [2.05, 4.69) is 46.8 Å². The number of anilines is 1. The highest BCUT2D eigenvalue weighted by Crippen LogP contribution is 2.43. The number of ether oxygens (including phenoxy) is 1.